The molecule has 0 radical (unpaired) electrons. The third-order valence-corrected chi connectivity index (χ3v) is 3.42. The standard InChI is InChI=1S/C12H16INO/c1-12(2,3)11-10(13)9(6-7-14-11)15-8-4-5-8/h6-8H,4-5H2,1-3H3. The molecule has 1 heterocycles. The van der Waals surface area contributed by atoms with E-state index in [9.17, 15) is 0 Å². The quantitative estimate of drug-likeness (QED) is 0.779. The summed E-state index contributed by atoms with van der Waals surface area (Å²) in [5.41, 5.74) is 1.21. The van der Waals surface area contributed by atoms with Crippen molar-refractivity contribution in [2.24, 2.45) is 0 Å². The molecule has 0 bridgehead atoms. The number of pyridine rings is 1. The zero-order chi connectivity index (χ0) is 11.1. The molecule has 0 spiro atoms. The van der Waals surface area contributed by atoms with Gasteiger partial charge < -0.3 is 4.74 Å². The second-order valence-corrected chi connectivity index (χ2v) is 6.12. The summed E-state index contributed by atoms with van der Waals surface area (Å²) < 4.78 is 7.01. The van der Waals surface area contributed by atoms with E-state index in [0.717, 1.165) is 15.0 Å². The Balaban J connectivity index is 2.31. The number of hydrogen-bond donors (Lipinski definition) is 0. The lowest BCUT2D eigenvalue weighted by atomic mass is 9.91. The van der Waals surface area contributed by atoms with Crippen LogP contribution in [0.4, 0.5) is 0 Å². The van der Waals surface area contributed by atoms with Crippen molar-refractivity contribution < 1.29 is 4.74 Å². The van der Waals surface area contributed by atoms with Gasteiger partial charge in [0.1, 0.15) is 5.75 Å². The summed E-state index contributed by atoms with van der Waals surface area (Å²) in [7, 11) is 0. The number of nitrogens with zero attached hydrogens (tertiary/aromatic N) is 1. The molecule has 0 N–H and O–H groups in total. The second kappa shape index (κ2) is 3.92. The van der Waals surface area contributed by atoms with Gasteiger partial charge in [-0.25, -0.2) is 0 Å². The van der Waals surface area contributed by atoms with Gasteiger partial charge in [0.25, 0.3) is 0 Å². The average Bonchev–Trinajstić information content (AvgIpc) is 2.90. The highest BCUT2D eigenvalue weighted by Gasteiger charge is 2.26. The molecule has 1 aromatic heterocycles. The molecule has 1 saturated carbocycles. The predicted molar refractivity (Wildman–Crippen MR) is 69.3 cm³/mol. The lowest BCUT2D eigenvalue weighted by molar-refractivity contribution is 0.299. The monoisotopic (exact) mass is 317 g/mol. The smallest absolute Gasteiger partial charge is 0.136 e. The maximum absolute atomic E-state index is 5.84. The van der Waals surface area contributed by atoms with Crippen molar-refractivity contribution >= 4 is 22.6 Å². The van der Waals surface area contributed by atoms with E-state index >= 15 is 0 Å². The van der Waals surface area contributed by atoms with Gasteiger partial charge in [-0.15, -0.1) is 0 Å². The summed E-state index contributed by atoms with van der Waals surface area (Å²) >= 11 is 2.34. The van der Waals surface area contributed by atoms with Crippen LogP contribution in [0, 0.1) is 3.57 Å². The van der Waals surface area contributed by atoms with Crippen molar-refractivity contribution in [1.82, 2.24) is 4.98 Å². The molecule has 3 heteroatoms. The molecule has 82 valence electrons. The third kappa shape index (κ3) is 2.62. The summed E-state index contributed by atoms with van der Waals surface area (Å²) in [6, 6.07) is 1.97. The van der Waals surface area contributed by atoms with Gasteiger partial charge in [-0.05, 0) is 41.5 Å². The van der Waals surface area contributed by atoms with Crippen LogP contribution in [0.2, 0.25) is 0 Å². The molecule has 0 unspecified atom stereocenters. The van der Waals surface area contributed by atoms with Crippen LogP contribution in [0.3, 0.4) is 0 Å². The van der Waals surface area contributed by atoms with Gasteiger partial charge in [0.15, 0.2) is 0 Å². The minimum absolute atomic E-state index is 0.0828. The number of rotatable bonds is 2. The van der Waals surface area contributed by atoms with E-state index in [0.29, 0.717) is 6.10 Å². The lowest BCUT2D eigenvalue weighted by Gasteiger charge is -2.20. The van der Waals surface area contributed by atoms with Crippen LogP contribution < -0.4 is 4.74 Å². The van der Waals surface area contributed by atoms with Crippen molar-refractivity contribution in [3.05, 3.63) is 21.5 Å². The molecule has 0 amide bonds. The van der Waals surface area contributed by atoms with E-state index < -0.39 is 0 Å². The predicted octanol–water partition coefficient (Wildman–Crippen LogP) is 3.52. The summed E-state index contributed by atoms with van der Waals surface area (Å²) in [6.45, 7) is 6.54. The molecule has 0 aliphatic heterocycles. The Hall–Kier alpha value is -0.320. The van der Waals surface area contributed by atoms with E-state index in [4.69, 9.17) is 4.74 Å². The first kappa shape index (κ1) is 11.2. The first-order valence-electron chi connectivity index (χ1n) is 5.30. The van der Waals surface area contributed by atoms with Crippen molar-refractivity contribution in [3.8, 4) is 5.75 Å². The molecular formula is C12H16INO. The van der Waals surface area contributed by atoms with Crippen LogP contribution in [0.15, 0.2) is 12.3 Å². The molecular weight excluding hydrogens is 301 g/mol. The summed E-state index contributed by atoms with van der Waals surface area (Å²) in [4.78, 5) is 4.45. The average molecular weight is 317 g/mol. The molecule has 1 fully saturated rings. The number of aromatic nitrogens is 1. The first-order valence-corrected chi connectivity index (χ1v) is 6.38. The van der Waals surface area contributed by atoms with E-state index in [1.54, 1.807) is 0 Å². The molecule has 15 heavy (non-hydrogen) atoms. The topological polar surface area (TPSA) is 22.1 Å². The van der Waals surface area contributed by atoms with Crippen LogP contribution in [-0.4, -0.2) is 11.1 Å². The first-order chi connectivity index (χ1) is 6.98. The van der Waals surface area contributed by atoms with Gasteiger partial charge in [0.05, 0.1) is 15.4 Å². The van der Waals surface area contributed by atoms with Gasteiger partial charge in [0.2, 0.25) is 0 Å². The highest BCUT2D eigenvalue weighted by molar-refractivity contribution is 14.1. The maximum Gasteiger partial charge on any atom is 0.136 e. The molecule has 1 aliphatic carbocycles. The Kier molecular flexibility index (Phi) is 2.92. The van der Waals surface area contributed by atoms with Gasteiger partial charge >= 0.3 is 0 Å². The van der Waals surface area contributed by atoms with Crippen molar-refractivity contribution in [3.63, 3.8) is 0 Å². The molecule has 2 rings (SSSR count). The van der Waals surface area contributed by atoms with E-state index in [2.05, 4.69) is 48.3 Å². The Morgan fingerprint density at radius 3 is 2.60 bits per heavy atom. The SMILES string of the molecule is CC(C)(C)c1nccc(OC2CC2)c1I. The summed E-state index contributed by atoms with van der Waals surface area (Å²) in [5, 5.41) is 0. The van der Waals surface area contributed by atoms with Gasteiger partial charge in [-0.1, -0.05) is 20.8 Å². The highest BCUT2D eigenvalue weighted by atomic mass is 127. The second-order valence-electron chi connectivity index (χ2n) is 5.04. The Morgan fingerprint density at radius 1 is 1.40 bits per heavy atom. The third-order valence-electron chi connectivity index (χ3n) is 2.38. The largest absolute Gasteiger partial charge is 0.489 e. The van der Waals surface area contributed by atoms with Crippen LogP contribution >= 0.6 is 22.6 Å². The fourth-order valence-electron chi connectivity index (χ4n) is 1.41. The lowest BCUT2D eigenvalue weighted by Crippen LogP contribution is -2.16. The Labute approximate surface area is 105 Å². The fraction of sp³-hybridized carbons (Fsp3) is 0.583. The Morgan fingerprint density at radius 2 is 2.07 bits per heavy atom. The van der Waals surface area contributed by atoms with Gasteiger partial charge in [-0.3, -0.25) is 4.98 Å². The van der Waals surface area contributed by atoms with E-state index in [1.165, 1.54) is 12.8 Å². The number of ether oxygens (including phenoxy) is 1. The highest BCUT2D eigenvalue weighted by Crippen LogP contribution is 2.34. The molecule has 1 aromatic rings. The van der Waals surface area contributed by atoms with Crippen LogP contribution in [0.1, 0.15) is 39.3 Å². The molecule has 0 atom stereocenters. The molecule has 2 nitrogen and oxygen atoms in total. The zero-order valence-electron chi connectivity index (χ0n) is 9.38. The molecule has 0 aromatic carbocycles. The van der Waals surface area contributed by atoms with Crippen molar-refractivity contribution in [2.45, 2.75) is 45.1 Å². The number of hydrogen-bond acceptors (Lipinski definition) is 2. The van der Waals surface area contributed by atoms with Gasteiger partial charge in [0, 0.05) is 11.6 Å². The van der Waals surface area contributed by atoms with E-state index in [1.807, 2.05) is 12.3 Å². The zero-order valence-corrected chi connectivity index (χ0v) is 11.5. The fourth-order valence-corrected chi connectivity index (χ4v) is 2.66. The maximum atomic E-state index is 5.84. The van der Waals surface area contributed by atoms with Crippen molar-refractivity contribution in [2.75, 3.05) is 0 Å². The molecule has 0 saturated heterocycles. The normalized spacial score (nSPS) is 16.5. The van der Waals surface area contributed by atoms with Crippen LogP contribution in [-0.2, 0) is 5.41 Å². The molecule has 1 aliphatic rings. The summed E-state index contributed by atoms with van der Waals surface area (Å²) in [6.07, 6.45) is 4.70. The number of halogens is 1. The Bertz CT molecular complexity index is 366. The van der Waals surface area contributed by atoms with Crippen molar-refractivity contribution in [1.29, 1.82) is 0 Å². The van der Waals surface area contributed by atoms with Gasteiger partial charge in [-0.2, -0.15) is 0 Å². The van der Waals surface area contributed by atoms with E-state index in [-0.39, 0.29) is 5.41 Å². The minimum Gasteiger partial charge on any atom is -0.489 e. The minimum atomic E-state index is 0.0828. The van der Waals surface area contributed by atoms with Crippen LogP contribution in [0.25, 0.3) is 0 Å². The summed E-state index contributed by atoms with van der Waals surface area (Å²) in [5.74, 6) is 0.998. The van der Waals surface area contributed by atoms with Crippen LogP contribution in [0.5, 0.6) is 5.75 Å².